The van der Waals surface area contributed by atoms with Crippen molar-refractivity contribution in [2.45, 2.75) is 12.3 Å². The van der Waals surface area contributed by atoms with Crippen molar-refractivity contribution in [1.82, 2.24) is 5.32 Å². The lowest BCUT2D eigenvalue weighted by molar-refractivity contribution is 0.114. The minimum atomic E-state index is 0.162. The molecule has 98 valence electrons. The molecule has 0 radical (unpaired) electrons. The molecule has 2 fully saturated rings. The van der Waals surface area contributed by atoms with Crippen molar-refractivity contribution < 1.29 is 4.74 Å². The summed E-state index contributed by atoms with van der Waals surface area (Å²) >= 11 is 12.2. The maximum atomic E-state index is 6.15. The van der Waals surface area contributed by atoms with Crippen LogP contribution in [0.15, 0.2) is 18.2 Å². The van der Waals surface area contributed by atoms with E-state index < -0.39 is 0 Å². The second kappa shape index (κ2) is 4.68. The largest absolute Gasteiger partial charge is 0.381 e. The number of hydrogen-bond donors (Lipinski definition) is 1. The van der Waals surface area contributed by atoms with Gasteiger partial charge in [-0.25, -0.2) is 0 Å². The number of nitrogens with one attached hydrogen (secondary N) is 1. The van der Waals surface area contributed by atoms with E-state index in [2.05, 4.69) is 11.4 Å². The second-order valence-corrected chi connectivity index (χ2v) is 5.99. The van der Waals surface area contributed by atoms with E-state index in [0.717, 1.165) is 26.3 Å². The van der Waals surface area contributed by atoms with Gasteiger partial charge in [-0.15, -0.1) is 0 Å². The van der Waals surface area contributed by atoms with Crippen LogP contribution in [0.4, 0.5) is 0 Å². The fourth-order valence-electron chi connectivity index (χ4n) is 3.43. The van der Waals surface area contributed by atoms with Gasteiger partial charge in [-0.3, -0.25) is 0 Å². The molecule has 4 heteroatoms. The number of benzene rings is 1. The molecule has 1 aromatic carbocycles. The molecule has 0 spiro atoms. The van der Waals surface area contributed by atoms with Crippen molar-refractivity contribution in [2.24, 2.45) is 11.8 Å². The van der Waals surface area contributed by atoms with E-state index in [1.54, 1.807) is 0 Å². The summed E-state index contributed by atoms with van der Waals surface area (Å²) in [6.07, 6.45) is 0. The summed E-state index contributed by atoms with van der Waals surface area (Å²) in [6, 6.07) is 6.02. The zero-order valence-electron chi connectivity index (χ0n) is 10.4. The molecule has 2 aliphatic rings. The summed E-state index contributed by atoms with van der Waals surface area (Å²) in [5, 5.41) is 4.70. The van der Waals surface area contributed by atoms with Gasteiger partial charge in [0.1, 0.15) is 0 Å². The van der Waals surface area contributed by atoms with Crippen molar-refractivity contribution in [3.05, 3.63) is 33.8 Å². The highest BCUT2D eigenvalue weighted by molar-refractivity contribution is 6.42. The van der Waals surface area contributed by atoms with Gasteiger partial charge in [-0.05, 0) is 49.5 Å². The van der Waals surface area contributed by atoms with E-state index in [-0.39, 0.29) is 5.41 Å². The van der Waals surface area contributed by atoms with Crippen molar-refractivity contribution in [2.75, 3.05) is 26.3 Å². The molecule has 0 bridgehead atoms. The van der Waals surface area contributed by atoms with E-state index in [0.29, 0.717) is 21.9 Å². The molecule has 1 aliphatic heterocycles. The minimum Gasteiger partial charge on any atom is -0.381 e. The first-order chi connectivity index (χ1) is 8.70. The summed E-state index contributed by atoms with van der Waals surface area (Å²) < 4.78 is 5.72. The van der Waals surface area contributed by atoms with Gasteiger partial charge in [0, 0.05) is 12.0 Å². The fraction of sp³-hybridized carbons (Fsp3) is 0.571. The third-order valence-electron chi connectivity index (χ3n) is 4.43. The number of ether oxygens (including phenoxy) is 1. The van der Waals surface area contributed by atoms with Gasteiger partial charge < -0.3 is 10.1 Å². The SMILES string of the molecule is CCOCC1(c2ccc(Cl)c(Cl)c2)[C@@H]2CNC[C@@H]21. The van der Waals surface area contributed by atoms with E-state index >= 15 is 0 Å². The van der Waals surface area contributed by atoms with Crippen LogP contribution in [0.1, 0.15) is 12.5 Å². The summed E-state index contributed by atoms with van der Waals surface area (Å²) in [6.45, 7) is 5.75. The van der Waals surface area contributed by atoms with E-state index in [1.165, 1.54) is 5.56 Å². The zero-order chi connectivity index (χ0) is 12.8. The Morgan fingerprint density at radius 3 is 2.61 bits per heavy atom. The van der Waals surface area contributed by atoms with Crippen molar-refractivity contribution >= 4 is 23.2 Å². The summed E-state index contributed by atoms with van der Waals surface area (Å²) in [4.78, 5) is 0. The molecule has 1 heterocycles. The van der Waals surface area contributed by atoms with Gasteiger partial charge in [0.25, 0.3) is 0 Å². The quantitative estimate of drug-likeness (QED) is 0.918. The van der Waals surface area contributed by atoms with Crippen LogP contribution in [-0.4, -0.2) is 26.3 Å². The Morgan fingerprint density at radius 1 is 1.28 bits per heavy atom. The molecular weight excluding hydrogens is 269 g/mol. The Kier molecular flexibility index (Phi) is 3.31. The van der Waals surface area contributed by atoms with Crippen LogP contribution in [0, 0.1) is 11.8 Å². The van der Waals surface area contributed by atoms with Gasteiger partial charge in [0.2, 0.25) is 0 Å². The van der Waals surface area contributed by atoms with Crippen LogP contribution < -0.4 is 5.32 Å². The first-order valence-corrected chi connectivity index (χ1v) is 7.19. The Morgan fingerprint density at radius 2 is 2.00 bits per heavy atom. The van der Waals surface area contributed by atoms with Crippen LogP contribution in [-0.2, 0) is 10.2 Å². The maximum Gasteiger partial charge on any atom is 0.0595 e. The molecule has 1 N–H and O–H groups in total. The molecule has 0 aromatic heterocycles. The summed E-state index contributed by atoms with van der Waals surface area (Å²) in [5.41, 5.74) is 1.44. The predicted molar refractivity (Wildman–Crippen MR) is 74.5 cm³/mol. The number of halogens is 2. The molecule has 18 heavy (non-hydrogen) atoms. The van der Waals surface area contributed by atoms with E-state index in [4.69, 9.17) is 27.9 Å². The molecule has 0 amide bonds. The summed E-state index contributed by atoms with van der Waals surface area (Å²) in [7, 11) is 0. The average molecular weight is 286 g/mol. The van der Waals surface area contributed by atoms with Crippen molar-refractivity contribution in [1.29, 1.82) is 0 Å². The maximum absolute atomic E-state index is 6.15. The smallest absolute Gasteiger partial charge is 0.0595 e. The molecule has 1 aromatic rings. The fourth-order valence-corrected chi connectivity index (χ4v) is 3.73. The van der Waals surface area contributed by atoms with Crippen LogP contribution in [0.25, 0.3) is 0 Å². The highest BCUT2D eigenvalue weighted by Gasteiger charge is 2.67. The number of fused-ring (bicyclic) bond motifs is 1. The first kappa shape index (κ1) is 12.7. The topological polar surface area (TPSA) is 21.3 Å². The zero-order valence-corrected chi connectivity index (χ0v) is 11.9. The predicted octanol–water partition coefficient (Wildman–Crippen LogP) is 3.12. The molecule has 3 rings (SSSR count). The average Bonchev–Trinajstić information content (AvgIpc) is 2.74. The molecule has 1 saturated carbocycles. The van der Waals surface area contributed by atoms with E-state index in [1.807, 2.05) is 19.1 Å². The first-order valence-electron chi connectivity index (χ1n) is 6.44. The Bertz CT molecular complexity index is 453. The molecule has 1 unspecified atom stereocenters. The Labute approximate surface area is 118 Å². The lowest BCUT2D eigenvalue weighted by Crippen LogP contribution is -2.29. The molecule has 1 aliphatic carbocycles. The van der Waals surface area contributed by atoms with Crippen LogP contribution >= 0.6 is 23.2 Å². The van der Waals surface area contributed by atoms with Gasteiger partial charge in [0.15, 0.2) is 0 Å². The van der Waals surface area contributed by atoms with Gasteiger partial charge in [0.05, 0.1) is 16.7 Å². The summed E-state index contributed by atoms with van der Waals surface area (Å²) in [5.74, 6) is 1.36. The van der Waals surface area contributed by atoms with Gasteiger partial charge in [-0.2, -0.15) is 0 Å². The minimum absolute atomic E-state index is 0.162. The molecular formula is C14H17Cl2NO. The number of hydrogen-bond acceptors (Lipinski definition) is 2. The lowest BCUT2D eigenvalue weighted by Gasteiger charge is -2.22. The Hall–Kier alpha value is -0.280. The van der Waals surface area contributed by atoms with Crippen molar-refractivity contribution in [3.8, 4) is 0 Å². The third-order valence-corrected chi connectivity index (χ3v) is 5.17. The third kappa shape index (κ3) is 1.78. The number of rotatable bonds is 4. The van der Waals surface area contributed by atoms with Crippen LogP contribution in [0.5, 0.6) is 0 Å². The monoisotopic (exact) mass is 285 g/mol. The van der Waals surface area contributed by atoms with Gasteiger partial charge in [-0.1, -0.05) is 29.3 Å². The highest BCUT2D eigenvalue weighted by Crippen LogP contribution is 2.62. The highest BCUT2D eigenvalue weighted by atomic mass is 35.5. The standard InChI is InChI=1S/C14H17Cl2NO/c1-2-18-8-14(10-6-17-7-11(10)14)9-3-4-12(15)13(16)5-9/h3-5,10-11,17H,2,6-8H2,1H3/t10-,11+,14?. The Balaban J connectivity index is 1.92. The number of piperidine rings is 1. The molecule has 2 nitrogen and oxygen atoms in total. The van der Waals surface area contributed by atoms with Gasteiger partial charge >= 0.3 is 0 Å². The normalized spacial score (nSPS) is 33.5. The molecule has 1 saturated heterocycles. The molecule has 3 atom stereocenters. The lowest BCUT2D eigenvalue weighted by atomic mass is 9.91. The van der Waals surface area contributed by atoms with Crippen LogP contribution in [0.3, 0.4) is 0 Å². The van der Waals surface area contributed by atoms with Crippen LogP contribution in [0.2, 0.25) is 10.0 Å². The van der Waals surface area contributed by atoms with E-state index in [9.17, 15) is 0 Å². The second-order valence-electron chi connectivity index (χ2n) is 5.18. The van der Waals surface area contributed by atoms with Crippen molar-refractivity contribution in [3.63, 3.8) is 0 Å².